The van der Waals surface area contributed by atoms with Crippen molar-refractivity contribution in [3.8, 4) is 5.75 Å². The van der Waals surface area contributed by atoms with Gasteiger partial charge in [-0.05, 0) is 30.3 Å². The predicted octanol–water partition coefficient (Wildman–Crippen LogP) is 2.25. The van der Waals surface area contributed by atoms with Crippen molar-refractivity contribution < 1.29 is 18.8 Å². The monoisotopic (exact) mass is 381 g/mol. The van der Waals surface area contributed by atoms with Crippen molar-refractivity contribution in [2.24, 2.45) is 0 Å². The second-order valence-electron chi connectivity index (χ2n) is 5.29. The van der Waals surface area contributed by atoms with Crippen LogP contribution in [0.1, 0.15) is 5.56 Å². The van der Waals surface area contributed by atoms with E-state index in [1.165, 1.54) is 6.07 Å². The van der Waals surface area contributed by atoms with Gasteiger partial charge in [-0.25, -0.2) is 4.39 Å². The van der Waals surface area contributed by atoms with Gasteiger partial charge in [0.15, 0.2) is 6.54 Å². The second-order valence-corrected chi connectivity index (χ2v) is 6.21. The zero-order chi connectivity index (χ0) is 16.8. The summed E-state index contributed by atoms with van der Waals surface area (Å²) in [6, 6.07) is 11.9. The summed E-state index contributed by atoms with van der Waals surface area (Å²) in [5.41, 5.74) is 1.20. The fourth-order valence-corrected chi connectivity index (χ4v) is 2.71. The Bertz CT molecular complexity index is 694. The largest absolute Gasteiger partial charge is 0.496 e. The number of halogens is 2. The standard InChI is InChI=1S/C17H18BrFN2O2/c1-21(10-12-9-13(18)7-8-16(12)23-2)11-17(22)20-15-6-4-3-5-14(15)19/h3-9H,10-11H2,1-2H3,(H,20,22)/p+1. The van der Waals surface area contributed by atoms with Gasteiger partial charge < -0.3 is 15.0 Å². The number of hydrogen-bond acceptors (Lipinski definition) is 2. The number of rotatable bonds is 6. The first kappa shape index (κ1) is 17.4. The maximum atomic E-state index is 13.5. The Morgan fingerprint density at radius 1 is 1.30 bits per heavy atom. The van der Waals surface area contributed by atoms with Gasteiger partial charge in [0.2, 0.25) is 0 Å². The first-order chi connectivity index (χ1) is 11.0. The van der Waals surface area contributed by atoms with Crippen molar-refractivity contribution in [3.63, 3.8) is 0 Å². The summed E-state index contributed by atoms with van der Waals surface area (Å²) in [5, 5.41) is 2.59. The summed E-state index contributed by atoms with van der Waals surface area (Å²) in [4.78, 5) is 13.0. The third kappa shape index (κ3) is 5.04. The Balaban J connectivity index is 1.97. The van der Waals surface area contributed by atoms with Gasteiger partial charge >= 0.3 is 0 Å². The lowest BCUT2D eigenvalue weighted by Crippen LogP contribution is -3.08. The van der Waals surface area contributed by atoms with Crippen LogP contribution in [-0.2, 0) is 11.3 Å². The molecule has 23 heavy (non-hydrogen) atoms. The maximum absolute atomic E-state index is 13.5. The number of anilines is 1. The predicted molar refractivity (Wildman–Crippen MR) is 91.2 cm³/mol. The van der Waals surface area contributed by atoms with Crippen LogP contribution in [0, 0.1) is 5.82 Å². The van der Waals surface area contributed by atoms with Crippen LogP contribution in [0.4, 0.5) is 10.1 Å². The number of hydrogen-bond donors (Lipinski definition) is 2. The van der Waals surface area contributed by atoms with E-state index in [0.29, 0.717) is 6.54 Å². The number of para-hydroxylation sites is 1. The van der Waals surface area contributed by atoms with Crippen LogP contribution in [0.2, 0.25) is 0 Å². The van der Waals surface area contributed by atoms with E-state index in [9.17, 15) is 9.18 Å². The molecule has 0 aliphatic heterocycles. The summed E-state index contributed by atoms with van der Waals surface area (Å²) in [6.45, 7) is 0.845. The number of methoxy groups -OCH3 is 1. The molecule has 0 aliphatic carbocycles. The van der Waals surface area contributed by atoms with E-state index in [4.69, 9.17) is 4.74 Å². The lowest BCUT2D eigenvalue weighted by atomic mass is 10.2. The van der Waals surface area contributed by atoms with Gasteiger partial charge in [0.1, 0.15) is 18.1 Å². The van der Waals surface area contributed by atoms with Crippen molar-refractivity contribution in [3.05, 3.63) is 58.3 Å². The minimum Gasteiger partial charge on any atom is -0.496 e. The number of benzene rings is 2. The van der Waals surface area contributed by atoms with Crippen molar-refractivity contribution in [2.75, 3.05) is 26.0 Å². The number of carbonyl (C=O) groups excluding carboxylic acids is 1. The highest BCUT2D eigenvalue weighted by Crippen LogP contribution is 2.22. The van der Waals surface area contributed by atoms with Crippen LogP contribution in [0.5, 0.6) is 5.75 Å². The van der Waals surface area contributed by atoms with Crippen molar-refractivity contribution in [1.29, 1.82) is 0 Å². The number of ether oxygens (including phenoxy) is 1. The van der Waals surface area contributed by atoms with Crippen LogP contribution in [0.25, 0.3) is 0 Å². The molecule has 0 bridgehead atoms. The molecule has 2 rings (SSSR count). The molecule has 1 atom stereocenters. The fourth-order valence-electron chi connectivity index (χ4n) is 2.30. The Morgan fingerprint density at radius 2 is 2.04 bits per heavy atom. The molecule has 2 aromatic carbocycles. The summed E-state index contributed by atoms with van der Waals surface area (Å²) in [5.74, 6) is 0.107. The molecule has 0 saturated heterocycles. The molecule has 0 aliphatic rings. The van der Waals surface area contributed by atoms with Crippen LogP contribution in [0.15, 0.2) is 46.9 Å². The molecule has 122 valence electrons. The molecule has 2 aromatic rings. The summed E-state index contributed by atoms with van der Waals surface area (Å²) >= 11 is 3.43. The molecular weight excluding hydrogens is 363 g/mol. The molecule has 2 N–H and O–H groups in total. The summed E-state index contributed by atoms with van der Waals surface area (Å²) in [7, 11) is 3.52. The Labute approximate surface area is 143 Å². The average Bonchev–Trinajstić information content (AvgIpc) is 2.49. The van der Waals surface area contributed by atoms with Crippen molar-refractivity contribution in [2.45, 2.75) is 6.54 Å². The van der Waals surface area contributed by atoms with E-state index in [-0.39, 0.29) is 18.1 Å². The SMILES string of the molecule is COc1ccc(Br)cc1C[NH+](C)CC(=O)Nc1ccccc1F. The minimum absolute atomic E-state index is 0.199. The number of carbonyl (C=O) groups is 1. The highest BCUT2D eigenvalue weighted by molar-refractivity contribution is 9.10. The third-order valence-corrected chi connectivity index (χ3v) is 3.84. The van der Waals surface area contributed by atoms with Crippen molar-refractivity contribution in [1.82, 2.24) is 0 Å². The summed E-state index contributed by atoms with van der Waals surface area (Å²) < 4.78 is 19.8. The molecule has 1 amide bonds. The Kier molecular flexibility index (Phi) is 6.12. The number of amides is 1. The normalized spacial score (nSPS) is 11.8. The Hall–Kier alpha value is -1.92. The van der Waals surface area contributed by atoms with Gasteiger partial charge in [-0.15, -0.1) is 0 Å². The van der Waals surface area contributed by atoms with Crippen LogP contribution in [0.3, 0.4) is 0 Å². The lowest BCUT2D eigenvalue weighted by Gasteiger charge is -2.16. The second kappa shape index (κ2) is 8.08. The molecule has 0 saturated carbocycles. The van der Waals surface area contributed by atoms with E-state index >= 15 is 0 Å². The molecule has 0 radical (unpaired) electrons. The highest BCUT2D eigenvalue weighted by atomic mass is 79.9. The van der Waals surface area contributed by atoms with Gasteiger partial charge in [-0.1, -0.05) is 28.1 Å². The van der Waals surface area contributed by atoms with Gasteiger partial charge in [-0.2, -0.15) is 0 Å². The fraction of sp³-hybridized carbons (Fsp3) is 0.235. The van der Waals surface area contributed by atoms with Gasteiger partial charge in [0.25, 0.3) is 5.91 Å². The van der Waals surface area contributed by atoms with Crippen molar-refractivity contribution >= 4 is 27.5 Å². The quantitative estimate of drug-likeness (QED) is 0.805. The van der Waals surface area contributed by atoms with Crippen LogP contribution < -0.4 is 15.0 Å². The first-order valence-corrected chi connectivity index (χ1v) is 7.97. The zero-order valence-electron chi connectivity index (χ0n) is 13.0. The van der Waals surface area contributed by atoms with Crippen LogP contribution in [-0.4, -0.2) is 26.6 Å². The smallest absolute Gasteiger partial charge is 0.279 e. The van der Waals surface area contributed by atoms with Crippen LogP contribution >= 0.6 is 15.9 Å². The molecule has 0 spiro atoms. The van der Waals surface area contributed by atoms with Gasteiger partial charge in [0, 0.05) is 10.0 Å². The molecule has 0 heterocycles. The van der Waals surface area contributed by atoms with E-state index in [1.54, 1.807) is 25.3 Å². The van der Waals surface area contributed by atoms with Gasteiger partial charge in [0.05, 0.1) is 19.8 Å². The van der Waals surface area contributed by atoms with E-state index in [1.807, 2.05) is 25.2 Å². The number of likely N-dealkylation sites (N-methyl/N-ethyl adjacent to an activating group) is 1. The lowest BCUT2D eigenvalue weighted by molar-refractivity contribution is -0.885. The molecule has 6 heteroatoms. The van der Waals surface area contributed by atoms with Gasteiger partial charge in [-0.3, -0.25) is 4.79 Å². The van der Waals surface area contributed by atoms with E-state index < -0.39 is 5.82 Å². The first-order valence-electron chi connectivity index (χ1n) is 7.17. The van der Waals surface area contributed by atoms with E-state index in [2.05, 4.69) is 21.2 Å². The Morgan fingerprint density at radius 3 is 2.74 bits per heavy atom. The molecule has 1 unspecified atom stereocenters. The molecule has 0 aromatic heterocycles. The minimum atomic E-state index is -0.438. The topological polar surface area (TPSA) is 42.8 Å². The van der Waals surface area contributed by atoms with E-state index in [0.717, 1.165) is 20.7 Å². The molecular formula is C17H19BrFN2O2+. The maximum Gasteiger partial charge on any atom is 0.279 e. The third-order valence-electron chi connectivity index (χ3n) is 3.34. The summed E-state index contributed by atoms with van der Waals surface area (Å²) in [6.07, 6.45) is 0. The highest BCUT2D eigenvalue weighted by Gasteiger charge is 2.15. The molecule has 0 fully saturated rings. The number of quaternary nitrogens is 1. The average molecular weight is 382 g/mol. The zero-order valence-corrected chi connectivity index (χ0v) is 14.6. The molecule has 4 nitrogen and oxygen atoms in total. The number of nitrogens with one attached hydrogen (secondary N) is 2.